The van der Waals surface area contributed by atoms with Crippen molar-refractivity contribution in [3.8, 4) is 0 Å². The number of benzene rings is 2. The van der Waals surface area contributed by atoms with E-state index in [9.17, 15) is 9.59 Å². The van der Waals surface area contributed by atoms with Gasteiger partial charge in [0.15, 0.2) is 18.1 Å². The number of rotatable bonds is 3. The Bertz CT molecular complexity index is 1170. The summed E-state index contributed by atoms with van der Waals surface area (Å²) in [4.78, 5) is 26.9. The minimum atomic E-state index is -0.176. The van der Waals surface area contributed by atoms with E-state index in [1.54, 1.807) is 28.8 Å². The number of pyridine rings is 1. The molecular formula is C25H23IN2O2. The lowest BCUT2D eigenvalue weighted by Gasteiger charge is -2.20. The normalized spacial score (nSPS) is 13.1. The first kappa shape index (κ1) is 21.9. The number of halogens is 1. The molecule has 0 saturated carbocycles. The lowest BCUT2D eigenvalue weighted by molar-refractivity contribution is -0.578. The van der Waals surface area contributed by atoms with Crippen LogP contribution in [-0.2, 0) is 0 Å². The molecule has 5 heteroatoms. The van der Waals surface area contributed by atoms with Gasteiger partial charge in [-0.1, -0.05) is 42.5 Å². The lowest BCUT2D eigenvalue weighted by Crippen LogP contribution is -3.00. The number of nitrogens with one attached hydrogen (secondary N) is 1. The van der Waals surface area contributed by atoms with Gasteiger partial charge in [-0.25, -0.2) is 0 Å². The summed E-state index contributed by atoms with van der Waals surface area (Å²) in [5.74, 6) is -0.339. The predicted octanol–water partition coefficient (Wildman–Crippen LogP) is 1.57. The van der Waals surface area contributed by atoms with E-state index >= 15 is 0 Å². The molecule has 1 N–H and O–H groups in total. The number of para-hydroxylation sites is 1. The number of fused-ring (bicyclic) bond motifs is 1. The molecule has 0 spiro atoms. The van der Waals surface area contributed by atoms with Gasteiger partial charge >= 0.3 is 0 Å². The number of carbonyl (C=O) groups is 2. The lowest BCUT2D eigenvalue weighted by atomic mass is 9.89. The van der Waals surface area contributed by atoms with E-state index in [0.29, 0.717) is 22.5 Å². The van der Waals surface area contributed by atoms with Crippen molar-refractivity contribution < 1.29 is 38.1 Å². The molecule has 1 aliphatic carbocycles. The number of aryl methyl sites for hydroxylation is 4. The van der Waals surface area contributed by atoms with Crippen LogP contribution in [0.5, 0.6) is 0 Å². The minimum Gasteiger partial charge on any atom is -1.00 e. The molecule has 4 nitrogen and oxygen atoms in total. The number of carbonyl (C=O) groups excluding carboxylic acids is 2. The van der Waals surface area contributed by atoms with E-state index < -0.39 is 0 Å². The SMILES string of the molecule is Cc1cc(C)c[n+](C2=C(Nc3c(C)cccc3C)C(=O)c3ccccc3C2=O)c1.[I-]. The fourth-order valence-corrected chi connectivity index (χ4v) is 3.90. The standard InChI is InChI=1S/C25H22N2O2.HI/c1-15-12-16(2)14-27(13-15)23-22(26-21-17(3)8-7-9-18(21)4)24(28)19-10-5-6-11-20(19)25(23)29;/h5-14H,1-4H3;1H. The van der Waals surface area contributed by atoms with Crippen LogP contribution in [0.2, 0.25) is 0 Å². The molecule has 0 saturated heterocycles. The fourth-order valence-electron chi connectivity index (χ4n) is 3.90. The van der Waals surface area contributed by atoms with Crippen molar-refractivity contribution >= 4 is 23.0 Å². The van der Waals surface area contributed by atoms with Crippen LogP contribution in [0.25, 0.3) is 5.70 Å². The Kier molecular flexibility index (Phi) is 6.22. The van der Waals surface area contributed by atoms with Gasteiger partial charge in [-0.3, -0.25) is 9.59 Å². The van der Waals surface area contributed by atoms with E-state index in [1.165, 1.54) is 0 Å². The van der Waals surface area contributed by atoms with Crippen LogP contribution < -0.4 is 33.9 Å². The van der Waals surface area contributed by atoms with Crippen molar-refractivity contribution in [1.29, 1.82) is 0 Å². The third-order valence-corrected chi connectivity index (χ3v) is 5.23. The maximum Gasteiger partial charge on any atom is 0.286 e. The second kappa shape index (κ2) is 8.52. The largest absolute Gasteiger partial charge is 1.00 e. The fraction of sp³-hybridized carbons (Fsp3) is 0.160. The van der Waals surface area contributed by atoms with Gasteiger partial charge in [0.2, 0.25) is 5.78 Å². The van der Waals surface area contributed by atoms with Crippen LogP contribution in [0, 0.1) is 27.7 Å². The quantitative estimate of drug-likeness (QED) is 0.430. The maximum absolute atomic E-state index is 13.5. The Labute approximate surface area is 193 Å². The highest BCUT2D eigenvalue weighted by molar-refractivity contribution is 6.36. The molecule has 0 bridgehead atoms. The van der Waals surface area contributed by atoms with Crippen molar-refractivity contribution in [2.75, 3.05) is 5.32 Å². The van der Waals surface area contributed by atoms with Crippen molar-refractivity contribution in [3.05, 3.63) is 100 Å². The van der Waals surface area contributed by atoms with E-state index in [2.05, 4.69) is 5.32 Å². The van der Waals surface area contributed by atoms with E-state index in [1.807, 2.05) is 64.4 Å². The first-order valence-corrected chi connectivity index (χ1v) is 9.62. The highest BCUT2D eigenvalue weighted by atomic mass is 127. The molecule has 30 heavy (non-hydrogen) atoms. The number of hydrogen-bond donors (Lipinski definition) is 1. The molecule has 1 aliphatic rings. The molecule has 1 heterocycles. The zero-order chi connectivity index (χ0) is 20.7. The second-order valence-electron chi connectivity index (χ2n) is 7.62. The summed E-state index contributed by atoms with van der Waals surface area (Å²) in [6.45, 7) is 7.93. The number of anilines is 1. The Morgan fingerprint density at radius 2 is 1.27 bits per heavy atom. The molecule has 2 aromatic carbocycles. The zero-order valence-electron chi connectivity index (χ0n) is 17.4. The highest BCUT2D eigenvalue weighted by Gasteiger charge is 2.39. The Hall–Kier alpha value is -2.80. The average Bonchev–Trinajstić information content (AvgIpc) is 2.67. The Morgan fingerprint density at radius 1 is 0.733 bits per heavy atom. The van der Waals surface area contributed by atoms with Gasteiger partial charge in [0.25, 0.3) is 11.5 Å². The molecule has 0 amide bonds. The predicted molar refractivity (Wildman–Crippen MR) is 114 cm³/mol. The van der Waals surface area contributed by atoms with Gasteiger partial charge in [-0.05, 0) is 44.9 Å². The first-order valence-electron chi connectivity index (χ1n) is 9.62. The van der Waals surface area contributed by atoms with Gasteiger partial charge < -0.3 is 29.3 Å². The molecule has 152 valence electrons. The topological polar surface area (TPSA) is 50.1 Å². The summed E-state index contributed by atoms with van der Waals surface area (Å²) in [5, 5.41) is 3.31. The number of Topliss-reactive ketones (excluding diaryl/α,β-unsaturated/α-hetero) is 2. The smallest absolute Gasteiger partial charge is 0.286 e. The van der Waals surface area contributed by atoms with Gasteiger partial charge in [-0.15, -0.1) is 0 Å². The van der Waals surface area contributed by atoms with Gasteiger partial charge in [0.1, 0.15) is 0 Å². The third kappa shape index (κ3) is 3.81. The van der Waals surface area contributed by atoms with Crippen molar-refractivity contribution in [2.24, 2.45) is 0 Å². The molecule has 4 rings (SSSR count). The summed E-state index contributed by atoms with van der Waals surface area (Å²) in [7, 11) is 0. The summed E-state index contributed by atoms with van der Waals surface area (Å²) in [6.07, 6.45) is 3.77. The van der Waals surface area contributed by atoms with Crippen LogP contribution in [-0.4, -0.2) is 11.6 Å². The van der Waals surface area contributed by atoms with Gasteiger partial charge in [0, 0.05) is 27.9 Å². The molecule has 0 radical (unpaired) electrons. The van der Waals surface area contributed by atoms with Crippen LogP contribution in [0.3, 0.4) is 0 Å². The number of nitrogens with zero attached hydrogens (tertiary/aromatic N) is 1. The summed E-state index contributed by atoms with van der Waals surface area (Å²) in [5.41, 5.74) is 6.44. The van der Waals surface area contributed by atoms with E-state index in [0.717, 1.165) is 27.9 Å². The number of ketones is 2. The van der Waals surface area contributed by atoms with Crippen LogP contribution in [0.15, 0.2) is 66.6 Å². The van der Waals surface area contributed by atoms with Crippen molar-refractivity contribution in [1.82, 2.24) is 0 Å². The molecule has 1 aromatic heterocycles. The Morgan fingerprint density at radius 3 is 1.83 bits per heavy atom. The van der Waals surface area contributed by atoms with Crippen molar-refractivity contribution in [2.45, 2.75) is 27.7 Å². The van der Waals surface area contributed by atoms with Crippen molar-refractivity contribution in [3.63, 3.8) is 0 Å². The third-order valence-electron chi connectivity index (χ3n) is 5.23. The van der Waals surface area contributed by atoms with Crippen LogP contribution in [0.4, 0.5) is 5.69 Å². The minimum absolute atomic E-state index is 0. The Balaban J connectivity index is 0.00000256. The summed E-state index contributed by atoms with van der Waals surface area (Å²) in [6, 6.07) is 15.0. The summed E-state index contributed by atoms with van der Waals surface area (Å²) < 4.78 is 1.77. The van der Waals surface area contributed by atoms with Crippen LogP contribution >= 0.6 is 0 Å². The molecule has 3 aromatic rings. The average molecular weight is 510 g/mol. The monoisotopic (exact) mass is 510 g/mol. The molecular weight excluding hydrogens is 487 g/mol. The van der Waals surface area contributed by atoms with E-state index in [-0.39, 0.29) is 35.5 Å². The second-order valence-corrected chi connectivity index (χ2v) is 7.62. The maximum atomic E-state index is 13.5. The first-order chi connectivity index (χ1) is 13.9. The molecule has 0 fully saturated rings. The van der Waals surface area contributed by atoms with Gasteiger partial charge in [-0.2, -0.15) is 4.57 Å². The van der Waals surface area contributed by atoms with Crippen LogP contribution in [0.1, 0.15) is 43.0 Å². The number of hydrogen-bond acceptors (Lipinski definition) is 3. The van der Waals surface area contributed by atoms with Gasteiger partial charge in [0.05, 0.1) is 0 Å². The highest BCUT2D eigenvalue weighted by Crippen LogP contribution is 2.30. The molecule has 0 atom stereocenters. The number of allylic oxidation sites excluding steroid dienone is 2. The van der Waals surface area contributed by atoms with E-state index in [4.69, 9.17) is 0 Å². The molecule has 0 unspecified atom stereocenters. The zero-order valence-corrected chi connectivity index (χ0v) is 19.6. The summed E-state index contributed by atoms with van der Waals surface area (Å²) >= 11 is 0. The molecule has 0 aliphatic heterocycles. The number of aromatic nitrogens is 1.